The number of carbonyl (C=O) groups is 1. The highest BCUT2D eigenvalue weighted by atomic mass is 16.1. The largest absolute Gasteiger partial charge is 0.344 e. The summed E-state index contributed by atoms with van der Waals surface area (Å²) >= 11 is 0. The average molecular weight is 393 g/mol. The number of carbonyl (C=O) groups excluding carboxylic acids is 1. The Morgan fingerprint density at radius 2 is 1.27 bits per heavy atom. The van der Waals surface area contributed by atoms with Crippen molar-refractivity contribution in [3.8, 4) is 0 Å². The van der Waals surface area contributed by atoms with Crippen molar-refractivity contribution in [1.29, 1.82) is 0 Å². The van der Waals surface area contributed by atoms with Crippen LogP contribution < -0.4 is 0 Å². The van der Waals surface area contributed by atoms with Gasteiger partial charge in [0, 0.05) is 23.7 Å². The van der Waals surface area contributed by atoms with Gasteiger partial charge in [0.15, 0.2) is 0 Å². The van der Waals surface area contributed by atoms with Crippen LogP contribution in [0.3, 0.4) is 0 Å². The Morgan fingerprint density at radius 3 is 1.67 bits per heavy atom. The molecule has 1 heterocycles. The van der Waals surface area contributed by atoms with Crippen LogP contribution in [0.1, 0.15) is 41.1 Å². The van der Waals surface area contributed by atoms with E-state index in [4.69, 9.17) is 4.98 Å². The Balaban J connectivity index is 1.77. The number of aldehydes is 1. The predicted octanol–water partition coefficient (Wildman–Crippen LogP) is 5.34. The highest BCUT2D eigenvalue weighted by Crippen LogP contribution is 2.52. The summed E-state index contributed by atoms with van der Waals surface area (Å²) in [6, 6.07) is 31.5. The molecule has 1 aliphatic rings. The highest BCUT2D eigenvalue weighted by Gasteiger charge is 2.49. The van der Waals surface area contributed by atoms with Gasteiger partial charge in [-0.05, 0) is 22.6 Å². The van der Waals surface area contributed by atoms with E-state index in [2.05, 4.69) is 84.7 Å². The number of benzene rings is 3. The zero-order chi connectivity index (χ0) is 20.6. The summed E-state index contributed by atoms with van der Waals surface area (Å²) in [6.45, 7) is 2.13. The molecule has 5 rings (SSSR count). The van der Waals surface area contributed by atoms with Crippen molar-refractivity contribution in [2.45, 2.75) is 18.3 Å². The minimum absolute atomic E-state index is 0.0814. The molecule has 3 nitrogen and oxygen atoms in total. The lowest BCUT2D eigenvalue weighted by molar-refractivity contribution is -0.109. The van der Waals surface area contributed by atoms with Crippen molar-refractivity contribution in [2.24, 2.45) is 11.8 Å². The molecule has 1 saturated carbocycles. The van der Waals surface area contributed by atoms with Gasteiger partial charge in [0.2, 0.25) is 0 Å². The van der Waals surface area contributed by atoms with Gasteiger partial charge in [0.1, 0.15) is 17.5 Å². The summed E-state index contributed by atoms with van der Waals surface area (Å²) < 4.78 is 0. The number of nitrogens with zero attached hydrogens (tertiary/aromatic N) is 1. The van der Waals surface area contributed by atoms with Gasteiger partial charge in [0.05, 0.1) is 0 Å². The van der Waals surface area contributed by atoms with E-state index in [0.29, 0.717) is 5.92 Å². The Labute approximate surface area is 176 Å². The summed E-state index contributed by atoms with van der Waals surface area (Å²) in [5, 5.41) is 0. The molecule has 0 aliphatic heterocycles. The Hall–Kier alpha value is -3.46. The van der Waals surface area contributed by atoms with E-state index in [-0.39, 0.29) is 11.8 Å². The van der Waals surface area contributed by atoms with E-state index >= 15 is 0 Å². The zero-order valence-electron chi connectivity index (χ0n) is 16.9. The van der Waals surface area contributed by atoms with Crippen molar-refractivity contribution in [2.75, 3.05) is 0 Å². The van der Waals surface area contributed by atoms with Crippen molar-refractivity contribution in [1.82, 2.24) is 9.97 Å². The maximum atomic E-state index is 11.4. The first kappa shape index (κ1) is 18.6. The molecule has 0 spiro atoms. The van der Waals surface area contributed by atoms with Crippen molar-refractivity contribution < 1.29 is 4.79 Å². The van der Waals surface area contributed by atoms with E-state index < -0.39 is 5.41 Å². The molecule has 0 bridgehead atoms. The molecular formula is C27H24N2O. The van der Waals surface area contributed by atoms with Crippen LogP contribution in [0.5, 0.6) is 0 Å². The molecule has 30 heavy (non-hydrogen) atoms. The van der Waals surface area contributed by atoms with Crippen LogP contribution in [0.15, 0.2) is 97.2 Å². The maximum absolute atomic E-state index is 11.4. The third-order valence-electron chi connectivity index (χ3n) is 6.53. The molecule has 3 aromatic carbocycles. The number of rotatable bonds is 6. The second-order valence-electron chi connectivity index (χ2n) is 8.13. The van der Waals surface area contributed by atoms with Crippen LogP contribution in [0.25, 0.3) is 0 Å². The molecule has 3 unspecified atom stereocenters. The van der Waals surface area contributed by atoms with Crippen LogP contribution >= 0.6 is 0 Å². The molecule has 3 heteroatoms. The lowest BCUT2D eigenvalue weighted by atomic mass is 9.69. The molecule has 1 N–H and O–H groups in total. The zero-order valence-corrected chi connectivity index (χ0v) is 16.9. The van der Waals surface area contributed by atoms with Crippen LogP contribution in [0.4, 0.5) is 0 Å². The number of hydrogen-bond acceptors (Lipinski definition) is 2. The molecule has 0 saturated heterocycles. The number of hydrogen-bond donors (Lipinski definition) is 1. The Bertz CT molecular complexity index is 1040. The fourth-order valence-electron chi connectivity index (χ4n) is 4.86. The number of nitrogens with one attached hydrogen (secondary N) is 1. The van der Waals surface area contributed by atoms with Gasteiger partial charge >= 0.3 is 0 Å². The molecule has 1 aromatic heterocycles. The van der Waals surface area contributed by atoms with E-state index in [0.717, 1.165) is 34.5 Å². The SMILES string of the molecule is CC1C(C=O)C1c1cnc(C(c2ccccc2)(c2ccccc2)c2ccccc2)[nH]1. The summed E-state index contributed by atoms with van der Waals surface area (Å²) in [4.78, 5) is 19.9. The third kappa shape index (κ3) is 2.81. The number of imidazole rings is 1. The Kier molecular flexibility index (Phi) is 4.59. The van der Waals surface area contributed by atoms with Gasteiger partial charge in [-0.1, -0.05) is 97.9 Å². The van der Waals surface area contributed by atoms with Gasteiger partial charge in [-0.2, -0.15) is 0 Å². The van der Waals surface area contributed by atoms with Gasteiger partial charge in [-0.25, -0.2) is 4.98 Å². The molecule has 4 aromatic rings. The fourth-order valence-corrected chi connectivity index (χ4v) is 4.86. The first-order valence-corrected chi connectivity index (χ1v) is 10.4. The van der Waals surface area contributed by atoms with Gasteiger partial charge in [0.25, 0.3) is 0 Å². The van der Waals surface area contributed by atoms with Gasteiger partial charge in [-0.3, -0.25) is 0 Å². The normalized spacial score (nSPS) is 20.6. The topological polar surface area (TPSA) is 45.8 Å². The number of aromatic amines is 1. The van der Waals surface area contributed by atoms with Crippen molar-refractivity contribution >= 4 is 6.29 Å². The van der Waals surface area contributed by atoms with Gasteiger partial charge < -0.3 is 9.78 Å². The first-order valence-electron chi connectivity index (χ1n) is 10.4. The minimum atomic E-state index is -0.573. The minimum Gasteiger partial charge on any atom is -0.344 e. The molecular weight excluding hydrogens is 368 g/mol. The molecule has 0 amide bonds. The number of H-pyrrole nitrogens is 1. The predicted molar refractivity (Wildman–Crippen MR) is 118 cm³/mol. The first-order chi connectivity index (χ1) is 14.8. The lowest BCUT2D eigenvalue weighted by Crippen LogP contribution is -2.32. The molecule has 148 valence electrons. The van der Waals surface area contributed by atoms with E-state index in [1.54, 1.807) is 0 Å². The quantitative estimate of drug-likeness (QED) is 0.356. The molecule has 0 radical (unpaired) electrons. The molecule has 1 aliphatic carbocycles. The van der Waals surface area contributed by atoms with E-state index in [1.165, 1.54) is 0 Å². The average Bonchev–Trinajstić information content (AvgIpc) is 3.22. The third-order valence-corrected chi connectivity index (χ3v) is 6.53. The van der Waals surface area contributed by atoms with Crippen LogP contribution in [0.2, 0.25) is 0 Å². The summed E-state index contributed by atoms with van der Waals surface area (Å²) in [7, 11) is 0. The van der Waals surface area contributed by atoms with Crippen molar-refractivity contribution in [3.63, 3.8) is 0 Å². The summed E-state index contributed by atoms with van der Waals surface area (Å²) in [5.74, 6) is 1.54. The maximum Gasteiger partial charge on any atom is 0.125 e. The van der Waals surface area contributed by atoms with Crippen LogP contribution in [0, 0.1) is 11.8 Å². The second-order valence-corrected chi connectivity index (χ2v) is 8.13. The molecule has 3 atom stereocenters. The van der Waals surface area contributed by atoms with Crippen LogP contribution in [-0.2, 0) is 10.2 Å². The smallest absolute Gasteiger partial charge is 0.125 e. The number of aromatic nitrogens is 2. The van der Waals surface area contributed by atoms with E-state index in [1.807, 2.05) is 24.4 Å². The monoisotopic (exact) mass is 392 g/mol. The second kappa shape index (κ2) is 7.42. The Morgan fingerprint density at radius 1 is 0.800 bits per heavy atom. The van der Waals surface area contributed by atoms with Crippen LogP contribution in [-0.4, -0.2) is 16.3 Å². The van der Waals surface area contributed by atoms with Gasteiger partial charge in [-0.15, -0.1) is 0 Å². The standard InChI is InChI=1S/C27H24N2O/c1-19-23(18-30)25(19)24-17-28-26(29-24)27(20-11-5-2-6-12-20,21-13-7-3-8-14-21)22-15-9-4-10-16-22/h2-19,23,25H,1H3,(H,28,29). The molecule has 1 fully saturated rings. The highest BCUT2D eigenvalue weighted by molar-refractivity contribution is 5.62. The summed E-state index contributed by atoms with van der Waals surface area (Å²) in [6.07, 6.45) is 3.00. The lowest BCUT2D eigenvalue weighted by Gasteiger charge is -2.34. The fraction of sp³-hybridized carbons (Fsp3) is 0.185. The van der Waals surface area contributed by atoms with Crippen molar-refractivity contribution in [3.05, 3.63) is 125 Å². The summed E-state index contributed by atoms with van der Waals surface area (Å²) in [5.41, 5.74) is 3.93. The van der Waals surface area contributed by atoms with E-state index in [9.17, 15) is 4.79 Å².